The van der Waals surface area contributed by atoms with E-state index < -0.39 is 0 Å². The Morgan fingerprint density at radius 3 is 2.47 bits per heavy atom. The summed E-state index contributed by atoms with van der Waals surface area (Å²) in [7, 11) is 3.21. The number of benzene rings is 3. The number of ether oxygens (including phenoxy) is 2. The third-order valence-corrected chi connectivity index (χ3v) is 7.15. The standard InChI is InChI=1S/C30H33N3O3/c1-35-26-15-22(16-27(18-26)36-2)30(34)33-13-12-24(17-25(33)14-21-8-4-3-5-9-21)31-19-23-20-32-29-11-7-6-10-28(23)29/h3-11,15-16,18,20,24-25,31-32H,12-14,17,19H2,1-2H3/t24-,25-/m0/s1. The van der Waals surface area contributed by atoms with Gasteiger partial charge in [0.2, 0.25) is 0 Å². The van der Waals surface area contributed by atoms with Crippen LogP contribution in [-0.4, -0.2) is 48.6 Å². The number of piperidine rings is 1. The number of amides is 1. The van der Waals surface area contributed by atoms with Gasteiger partial charge in [0.25, 0.3) is 5.91 Å². The fraction of sp³-hybridized carbons (Fsp3) is 0.300. The Balaban J connectivity index is 1.34. The van der Waals surface area contributed by atoms with Gasteiger partial charge >= 0.3 is 0 Å². The van der Waals surface area contributed by atoms with Gasteiger partial charge in [-0.05, 0) is 48.6 Å². The highest BCUT2D eigenvalue weighted by molar-refractivity contribution is 5.95. The van der Waals surface area contributed by atoms with E-state index in [-0.39, 0.29) is 11.9 Å². The van der Waals surface area contributed by atoms with Crippen molar-refractivity contribution >= 4 is 16.8 Å². The maximum absolute atomic E-state index is 13.7. The molecule has 186 valence electrons. The van der Waals surface area contributed by atoms with Crippen molar-refractivity contribution in [3.05, 3.63) is 95.7 Å². The fourth-order valence-corrected chi connectivity index (χ4v) is 5.21. The third kappa shape index (κ3) is 5.24. The topological polar surface area (TPSA) is 66.6 Å². The van der Waals surface area contributed by atoms with Crippen molar-refractivity contribution < 1.29 is 14.3 Å². The number of aromatic nitrogens is 1. The van der Waals surface area contributed by atoms with Crippen LogP contribution in [0.15, 0.2) is 79.0 Å². The summed E-state index contributed by atoms with van der Waals surface area (Å²) in [6, 6.07) is 24.6. The number of rotatable bonds is 8. The van der Waals surface area contributed by atoms with Gasteiger partial charge in [0.15, 0.2) is 0 Å². The van der Waals surface area contributed by atoms with Crippen molar-refractivity contribution in [1.29, 1.82) is 0 Å². The van der Waals surface area contributed by atoms with Gasteiger partial charge < -0.3 is 24.7 Å². The summed E-state index contributed by atoms with van der Waals surface area (Å²) in [6.07, 6.45) is 4.71. The number of likely N-dealkylation sites (tertiary alicyclic amines) is 1. The first-order valence-electron chi connectivity index (χ1n) is 12.5. The van der Waals surface area contributed by atoms with Crippen LogP contribution in [0.25, 0.3) is 10.9 Å². The van der Waals surface area contributed by atoms with Crippen LogP contribution >= 0.6 is 0 Å². The first-order valence-corrected chi connectivity index (χ1v) is 12.5. The van der Waals surface area contributed by atoms with Crippen molar-refractivity contribution in [2.45, 2.75) is 37.9 Å². The molecular weight excluding hydrogens is 450 g/mol. The van der Waals surface area contributed by atoms with Crippen LogP contribution in [0.1, 0.15) is 34.3 Å². The van der Waals surface area contributed by atoms with E-state index >= 15 is 0 Å². The molecular formula is C30H33N3O3. The number of carbonyl (C=O) groups excluding carboxylic acids is 1. The fourth-order valence-electron chi connectivity index (χ4n) is 5.21. The summed E-state index contributed by atoms with van der Waals surface area (Å²) in [6.45, 7) is 1.50. The van der Waals surface area contributed by atoms with Gasteiger partial charge in [0.05, 0.1) is 14.2 Å². The molecule has 2 atom stereocenters. The smallest absolute Gasteiger partial charge is 0.254 e. The molecule has 36 heavy (non-hydrogen) atoms. The van der Waals surface area contributed by atoms with Crippen LogP contribution in [-0.2, 0) is 13.0 Å². The number of hydrogen-bond donors (Lipinski definition) is 2. The quantitative estimate of drug-likeness (QED) is 0.362. The molecule has 2 N–H and O–H groups in total. The molecule has 5 rings (SSSR count). The molecule has 1 aromatic heterocycles. The molecule has 1 saturated heterocycles. The molecule has 0 aliphatic carbocycles. The van der Waals surface area contributed by atoms with Crippen LogP contribution < -0.4 is 14.8 Å². The summed E-state index contributed by atoms with van der Waals surface area (Å²) < 4.78 is 10.8. The highest BCUT2D eigenvalue weighted by Crippen LogP contribution is 2.28. The van der Waals surface area contributed by atoms with E-state index in [4.69, 9.17) is 9.47 Å². The largest absolute Gasteiger partial charge is 0.497 e. The number of fused-ring (bicyclic) bond motifs is 1. The number of H-pyrrole nitrogens is 1. The van der Waals surface area contributed by atoms with Crippen LogP contribution in [0.4, 0.5) is 0 Å². The van der Waals surface area contributed by atoms with Crippen molar-refractivity contribution in [3.8, 4) is 11.5 Å². The van der Waals surface area contributed by atoms with E-state index in [0.717, 1.165) is 31.3 Å². The summed E-state index contributed by atoms with van der Waals surface area (Å²) >= 11 is 0. The monoisotopic (exact) mass is 483 g/mol. The van der Waals surface area contributed by atoms with Crippen LogP contribution in [0, 0.1) is 0 Å². The molecule has 2 heterocycles. The second kappa shape index (κ2) is 10.9. The van der Waals surface area contributed by atoms with E-state index in [1.807, 2.05) is 11.0 Å². The molecule has 0 saturated carbocycles. The van der Waals surface area contributed by atoms with E-state index in [0.29, 0.717) is 29.6 Å². The number of nitrogens with zero attached hydrogens (tertiary/aromatic N) is 1. The van der Waals surface area contributed by atoms with Crippen molar-refractivity contribution in [2.75, 3.05) is 20.8 Å². The lowest BCUT2D eigenvalue weighted by molar-refractivity contribution is 0.0575. The van der Waals surface area contributed by atoms with Crippen molar-refractivity contribution in [1.82, 2.24) is 15.2 Å². The van der Waals surface area contributed by atoms with Gasteiger partial charge in [0, 0.05) is 53.9 Å². The van der Waals surface area contributed by atoms with Crippen LogP contribution in [0.2, 0.25) is 0 Å². The molecule has 0 unspecified atom stereocenters. The molecule has 0 spiro atoms. The lowest BCUT2D eigenvalue weighted by Gasteiger charge is -2.40. The Morgan fingerprint density at radius 2 is 1.72 bits per heavy atom. The minimum Gasteiger partial charge on any atom is -0.497 e. The van der Waals surface area contributed by atoms with E-state index in [1.165, 1.54) is 16.5 Å². The van der Waals surface area contributed by atoms with Crippen LogP contribution in [0.3, 0.4) is 0 Å². The van der Waals surface area contributed by atoms with E-state index in [2.05, 4.69) is 65.0 Å². The zero-order valence-electron chi connectivity index (χ0n) is 20.9. The number of nitrogens with one attached hydrogen (secondary N) is 2. The minimum absolute atomic E-state index is 0.0169. The summed E-state index contributed by atoms with van der Waals surface area (Å²) in [5.41, 5.74) is 4.26. The van der Waals surface area contributed by atoms with Gasteiger partial charge in [-0.1, -0.05) is 48.5 Å². The second-order valence-electron chi connectivity index (χ2n) is 9.41. The van der Waals surface area contributed by atoms with Crippen molar-refractivity contribution in [2.24, 2.45) is 0 Å². The molecule has 0 radical (unpaired) electrons. The predicted octanol–water partition coefficient (Wildman–Crippen LogP) is 5.19. The molecule has 1 fully saturated rings. The summed E-state index contributed by atoms with van der Waals surface area (Å²) in [4.78, 5) is 19.1. The van der Waals surface area contributed by atoms with Gasteiger partial charge in [-0.25, -0.2) is 0 Å². The van der Waals surface area contributed by atoms with E-state index in [9.17, 15) is 4.79 Å². The van der Waals surface area contributed by atoms with Crippen LogP contribution in [0.5, 0.6) is 11.5 Å². The summed E-state index contributed by atoms with van der Waals surface area (Å²) in [5, 5.41) is 5.02. The Kier molecular flexibility index (Phi) is 7.23. The second-order valence-corrected chi connectivity index (χ2v) is 9.41. The molecule has 4 aromatic rings. The predicted molar refractivity (Wildman–Crippen MR) is 143 cm³/mol. The Bertz CT molecular complexity index is 1300. The highest BCUT2D eigenvalue weighted by atomic mass is 16.5. The van der Waals surface area contributed by atoms with E-state index in [1.54, 1.807) is 32.4 Å². The SMILES string of the molecule is COc1cc(OC)cc(C(=O)N2CC[C@H](NCc3c[nH]c4ccccc34)C[C@@H]2Cc2ccccc2)c1. The number of aromatic amines is 1. The molecule has 1 amide bonds. The maximum Gasteiger partial charge on any atom is 0.254 e. The molecule has 6 heteroatoms. The van der Waals surface area contributed by atoms with Gasteiger partial charge in [-0.15, -0.1) is 0 Å². The number of methoxy groups -OCH3 is 2. The zero-order valence-corrected chi connectivity index (χ0v) is 20.9. The number of para-hydroxylation sites is 1. The number of hydrogen-bond acceptors (Lipinski definition) is 4. The molecule has 3 aromatic carbocycles. The lowest BCUT2D eigenvalue weighted by atomic mass is 9.91. The van der Waals surface area contributed by atoms with Crippen molar-refractivity contribution in [3.63, 3.8) is 0 Å². The normalized spacial score (nSPS) is 17.8. The average Bonchev–Trinajstić information content (AvgIpc) is 3.35. The van der Waals surface area contributed by atoms with Gasteiger partial charge in [0.1, 0.15) is 11.5 Å². The summed E-state index contributed by atoms with van der Waals surface area (Å²) in [5.74, 6) is 1.25. The molecule has 1 aliphatic heterocycles. The first kappa shape index (κ1) is 23.9. The Hall–Kier alpha value is -3.77. The average molecular weight is 484 g/mol. The highest BCUT2D eigenvalue weighted by Gasteiger charge is 2.32. The molecule has 1 aliphatic rings. The van der Waals surface area contributed by atoms with Gasteiger partial charge in [-0.2, -0.15) is 0 Å². The number of carbonyl (C=O) groups is 1. The first-order chi connectivity index (χ1) is 17.6. The minimum atomic E-state index is 0.0169. The lowest BCUT2D eigenvalue weighted by Crippen LogP contribution is -2.51. The third-order valence-electron chi connectivity index (χ3n) is 7.15. The maximum atomic E-state index is 13.7. The zero-order chi connectivity index (χ0) is 24.9. The Morgan fingerprint density at radius 1 is 1.00 bits per heavy atom. The van der Waals surface area contributed by atoms with Gasteiger partial charge in [-0.3, -0.25) is 4.79 Å². The molecule has 6 nitrogen and oxygen atoms in total. The molecule has 0 bridgehead atoms. The Labute approximate surface area is 212 Å².